The van der Waals surface area contributed by atoms with Gasteiger partial charge in [0.25, 0.3) is 11.5 Å². The minimum Gasteiger partial charge on any atom is -0.343 e. The van der Waals surface area contributed by atoms with Crippen molar-refractivity contribution in [2.45, 2.75) is 58.7 Å². The minimum absolute atomic E-state index is 0.0273. The van der Waals surface area contributed by atoms with E-state index in [0.717, 1.165) is 6.20 Å². The topological polar surface area (TPSA) is 122 Å². The molecule has 0 aromatic carbocycles. The van der Waals surface area contributed by atoms with Gasteiger partial charge >= 0.3 is 0 Å². The smallest absolute Gasteiger partial charge is 0.280 e. The van der Waals surface area contributed by atoms with Crippen molar-refractivity contribution in [2.75, 3.05) is 18.4 Å². The molecule has 12 heteroatoms. The number of hydrogen-bond donors (Lipinski definition) is 1. The molecule has 0 atom stereocenters. The van der Waals surface area contributed by atoms with E-state index in [1.807, 2.05) is 13.8 Å². The molecule has 1 saturated heterocycles. The Balaban J connectivity index is 1.54. The van der Waals surface area contributed by atoms with Crippen LogP contribution in [-0.4, -0.2) is 65.8 Å². The fourth-order valence-electron chi connectivity index (χ4n) is 5.05. The molecule has 0 unspecified atom stereocenters. The van der Waals surface area contributed by atoms with Gasteiger partial charge in [-0.05, 0) is 38.8 Å². The molecular formula is C25H28FN7O4. The summed E-state index contributed by atoms with van der Waals surface area (Å²) in [5, 5.41) is 7.22. The van der Waals surface area contributed by atoms with Crippen LogP contribution < -0.4 is 10.9 Å². The van der Waals surface area contributed by atoms with E-state index in [4.69, 9.17) is 0 Å². The second-order valence-electron chi connectivity index (χ2n) is 9.77. The Kier molecular flexibility index (Phi) is 6.26. The molecule has 0 aliphatic carbocycles. The average molecular weight is 510 g/mol. The van der Waals surface area contributed by atoms with E-state index in [9.17, 15) is 23.6 Å². The Morgan fingerprint density at radius 2 is 1.92 bits per heavy atom. The van der Waals surface area contributed by atoms with Gasteiger partial charge in [-0.3, -0.25) is 19.2 Å². The molecule has 37 heavy (non-hydrogen) atoms. The van der Waals surface area contributed by atoms with Crippen LogP contribution in [0.25, 0.3) is 5.65 Å². The molecule has 2 aliphatic heterocycles. The number of piperidine rings is 1. The molecule has 5 heterocycles. The van der Waals surface area contributed by atoms with Gasteiger partial charge in [-0.1, -0.05) is 0 Å². The van der Waals surface area contributed by atoms with E-state index in [0.29, 0.717) is 42.8 Å². The van der Waals surface area contributed by atoms with Gasteiger partial charge in [0, 0.05) is 38.0 Å². The normalized spacial score (nSPS) is 16.1. The molecule has 11 nitrogen and oxygen atoms in total. The Hall–Kier alpha value is -4.09. The lowest BCUT2D eigenvalue weighted by Crippen LogP contribution is -2.36. The van der Waals surface area contributed by atoms with E-state index < -0.39 is 11.7 Å². The monoisotopic (exact) mass is 509 g/mol. The summed E-state index contributed by atoms with van der Waals surface area (Å²) in [5.41, 5.74) is 1.11. The summed E-state index contributed by atoms with van der Waals surface area (Å²) in [6, 6.07) is 4.14. The molecule has 1 fully saturated rings. The highest BCUT2D eigenvalue weighted by Crippen LogP contribution is 2.30. The highest BCUT2D eigenvalue weighted by atomic mass is 19.1. The van der Waals surface area contributed by atoms with Crippen molar-refractivity contribution in [1.82, 2.24) is 29.0 Å². The lowest BCUT2D eigenvalue weighted by atomic mass is 9.93. The van der Waals surface area contributed by atoms with E-state index in [1.54, 1.807) is 22.8 Å². The number of aromatic nitrogens is 4. The van der Waals surface area contributed by atoms with E-state index in [1.165, 1.54) is 21.2 Å². The van der Waals surface area contributed by atoms with Crippen LogP contribution in [0.2, 0.25) is 0 Å². The number of fused-ring (bicyclic) bond motifs is 2. The highest BCUT2D eigenvalue weighted by Gasteiger charge is 2.37. The lowest BCUT2D eigenvalue weighted by molar-refractivity contribution is -0.129. The molecule has 5 rings (SSSR count). The maximum Gasteiger partial charge on any atom is 0.280 e. The van der Waals surface area contributed by atoms with Crippen molar-refractivity contribution < 1.29 is 18.8 Å². The molecule has 2 aliphatic rings. The Labute approximate surface area is 211 Å². The number of likely N-dealkylation sites (tertiary alicyclic amines) is 1. The predicted octanol–water partition coefficient (Wildman–Crippen LogP) is 1.76. The number of amides is 3. The second-order valence-corrected chi connectivity index (χ2v) is 9.77. The van der Waals surface area contributed by atoms with Gasteiger partial charge in [-0.15, -0.1) is 0 Å². The number of rotatable bonds is 5. The molecule has 3 amide bonds. The molecule has 0 bridgehead atoms. The van der Waals surface area contributed by atoms with Gasteiger partial charge in [0.15, 0.2) is 0 Å². The van der Waals surface area contributed by atoms with Crippen LogP contribution in [0.1, 0.15) is 61.3 Å². The molecule has 194 valence electrons. The van der Waals surface area contributed by atoms with Crippen LogP contribution >= 0.6 is 0 Å². The number of nitrogens with one attached hydrogen (secondary N) is 1. The lowest BCUT2D eigenvalue weighted by Gasteiger charge is -2.30. The first-order valence-corrected chi connectivity index (χ1v) is 12.3. The van der Waals surface area contributed by atoms with Gasteiger partial charge in [0.1, 0.15) is 29.5 Å². The average Bonchev–Trinajstić information content (AvgIpc) is 3.46. The van der Waals surface area contributed by atoms with Crippen LogP contribution in [0.3, 0.4) is 0 Å². The zero-order valence-electron chi connectivity index (χ0n) is 20.9. The number of anilines is 1. The largest absolute Gasteiger partial charge is 0.343 e. The second kappa shape index (κ2) is 9.41. The zero-order valence-corrected chi connectivity index (χ0v) is 20.9. The van der Waals surface area contributed by atoms with Crippen LogP contribution in [0, 0.1) is 5.82 Å². The summed E-state index contributed by atoms with van der Waals surface area (Å²) in [4.78, 5) is 58.7. The molecule has 3 aromatic rings. The number of hydrogen-bond acceptors (Lipinski definition) is 6. The van der Waals surface area contributed by atoms with E-state index in [2.05, 4.69) is 15.4 Å². The first kappa shape index (κ1) is 24.6. The van der Waals surface area contributed by atoms with Crippen LogP contribution in [-0.2, 0) is 22.7 Å². The molecule has 0 saturated carbocycles. The third-order valence-electron chi connectivity index (χ3n) is 7.06. The number of carbonyl (C=O) groups excluding carboxylic acids is 3. The first-order valence-electron chi connectivity index (χ1n) is 12.3. The molecule has 3 aromatic heterocycles. The van der Waals surface area contributed by atoms with Gasteiger partial charge in [0.2, 0.25) is 11.8 Å². The Bertz CT molecular complexity index is 1450. The van der Waals surface area contributed by atoms with Crippen molar-refractivity contribution in [1.29, 1.82) is 0 Å². The molecule has 0 spiro atoms. The highest BCUT2D eigenvalue weighted by molar-refractivity contribution is 5.98. The van der Waals surface area contributed by atoms with Crippen molar-refractivity contribution in [3.8, 4) is 0 Å². The van der Waals surface area contributed by atoms with Crippen molar-refractivity contribution in [3.63, 3.8) is 0 Å². The van der Waals surface area contributed by atoms with E-state index >= 15 is 0 Å². The summed E-state index contributed by atoms with van der Waals surface area (Å²) in [6.07, 6.45) is 2.40. The fourth-order valence-corrected chi connectivity index (χ4v) is 5.05. The Morgan fingerprint density at radius 3 is 2.54 bits per heavy atom. The van der Waals surface area contributed by atoms with Crippen LogP contribution in [0.15, 0.2) is 29.2 Å². The van der Waals surface area contributed by atoms with Gasteiger partial charge in [-0.2, -0.15) is 9.61 Å². The third kappa shape index (κ3) is 4.47. The van der Waals surface area contributed by atoms with Gasteiger partial charge < -0.3 is 19.7 Å². The summed E-state index contributed by atoms with van der Waals surface area (Å²) < 4.78 is 16.0. The van der Waals surface area contributed by atoms with Crippen molar-refractivity contribution in [3.05, 3.63) is 57.5 Å². The maximum atomic E-state index is 13.4. The first-order chi connectivity index (χ1) is 17.6. The van der Waals surface area contributed by atoms with Crippen LogP contribution in [0.4, 0.5) is 10.2 Å². The Morgan fingerprint density at radius 1 is 1.19 bits per heavy atom. The standard InChI is InChI=1S/C25H28FN7O4/c1-14(2)31-12-18-23(25(31)37)32(13-21(35)28-20-5-4-17(26)11-27-20)22-10-19(29-33(22)24(18)36)16-6-8-30(9-7-16)15(3)34/h4-5,10-11,14,16H,6-9,12-13H2,1-3H3,(H,27,28,35). The molecule has 1 N–H and O–H groups in total. The maximum absolute atomic E-state index is 13.4. The summed E-state index contributed by atoms with van der Waals surface area (Å²) >= 11 is 0. The zero-order chi connectivity index (χ0) is 26.4. The molecule has 0 radical (unpaired) electrons. The van der Waals surface area contributed by atoms with Gasteiger partial charge in [0.05, 0.1) is 24.0 Å². The predicted molar refractivity (Wildman–Crippen MR) is 132 cm³/mol. The summed E-state index contributed by atoms with van der Waals surface area (Å²) in [5.74, 6) is -1.10. The number of carbonyl (C=O) groups is 3. The SMILES string of the molecule is CC(=O)N1CCC(c2cc3n(CC(=O)Nc4ccc(F)cn4)c4c(c(=O)n3n2)CN(C(C)C)C4=O)CC1. The fraction of sp³-hybridized carbons (Fsp3) is 0.440. The number of nitrogens with zero attached hydrogens (tertiary/aromatic N) is 6. The van der Waals surface area contributed by atoms with Crippen molar-refractivity contribution in [2.24, 2.45) is 0 Å². The minimum atomic E-state index is -0.529. The number of halogens is 1. The summed E-state index contributed by atoms with van der Waals surface area (Å²) in [7, 11) is 0. The van der Waals surface area contributed by atoms with Crippen molar-refractivity contribution >= 4 is 29.2 Å². The van der Waals surface area contributed by atoms with Gasteiger partial charge in [-0.25, -0.2) is 9.37 Å². The van der Waals surface area contributed by atoms with Crippen LogP contribution in [0.5, 0.6) is 0 Å². The quantitative estimate of drug-likeness (QED) is 0.559. The molecular weight excluding hydrogens is 481 g/mol. The summed E-state index contributed by atoms with van der Waals surface area (Å²) in [6.45, 7) is 6.34. The third-order valence-corrected chi connectivity index (χ3v) is 7.06. The number of pyridine rings is 1. The van der Waals surface area contributed by atoms with E-state index in [-0.39, 0.29) is 53.9 Å².